The SMILES string of the molecule is O=C(Oc1nccn1CCOC(c1ccc(Cl)cc1Cl)c1ccc(Cl)cc1Cl)c1cc(S(=O)(=O)O)ccc1Oc1nccn1CCOC(c1ccc(Cl)cc1Cl)c1ccc(Cl)cc1Cl. The Bertz CT molecular complexity index is 2850. The molecular formula is C43H30Cl8N4O8S. The maximum absolute atomic E-state index is 13.9. The molecule has 0 aliphatic rings. The molecule has 64 heavy (non-hydrogen) atoms. The molecule has 0 atom stereocenters. The molecule has 0 aliphatic carbocycles. The normalized spacial score (nSPS) is 11.7. The molecule has 0 amide bonds. The third-order valence-electron chi connectivity index (χ3n) is 9.42. The van der Waals surface area contributed by atoms with Crippen LogP contribution in [0, 0.1) is 0 Å². The Morgan fingerprint density at radius 1 is 0.578 bits per heavy atom. The quantitative estimate of drug-likeness (QED) is 0.0691. The standard InChI is InChI=1S/C43H30Cl8N4O8S/c44-24-1-6-29(34(48)19-24)39(30-7-2-25(45)20-35(30)49)60-17-15-54-13-11-52-42(54)62-38-10-5-28(64(57,58)59)23-33(38)41(56)63-43-53-12-14-55(43)16-18-61-40(31-8-3-26(46)21-36(31)50)32-9-4-27(47)22-37(32)51/h1-14,19-23,39-40H,15-18H2,(H,57,58,59). The average molecular weight is 1050 g/mol. The fourth-order valence-electron chi connectivity index (χ4n) is 6.38. The summed E-state index contributed by atoms with van der Waals surface area (Å²) in [7, 11) is -4.78. The van der Waals surface area contributed by atoms with E-state index in [1.165, 1.54) is 23.0 Å². The Morgan fingerprint density at radius 3 is 1.39 bits per heavy atom. The minimum absolute atomic E-state index is 0.00218. The molecule has 1 N–H and O–H groups in total. The van der Waals surface area contributed by atoms with E-state index in [1.807, 2.05) is 0 Å². The van der Waals surface area contributed by atoms with Crippen molar-refractivity contribution in [2.45, 2.75) is 30.2 Å². The highest BCUT2D eigenvalue weighted by Gasteiger charge is 2.26. The lowest BCUT2D eigenvalue weighted by atomic mass is 10.0. The maximum atomic E-state index is 13.9. The third kappa shape index (κ3) is 11.7. The zero-order valence-electron chi connectivity index (χ0n) is 32.5. The highest BCUT2D eigenvalue weighted by atomic mass is 35.5. The van der Waals surface area contributed by atoms with Gasteiger partial charge in [0.05, 0.1) is 31.2 Å². The van der Waals surface area contributed by atoms with E-state index in [-0.39, 0.29) is 49.6 Å². The van der Waals surface area contributed by atoms with Crippen molar-refractivity contribution in [3.05, 3.63) is 184 Å². The van der Waals surface area contributed by atoms with E-state index in [9.17, 15) is 17.8 Å². The molecule has 0 unspecified atom stereocenters. The molecule has 12 nitrogen and oxygen atoms in total. The van der Waals surface area contributed by atoms with Crippen molar-refractivity contribution < 1.29 is 36.7 Å². The lowest BCUT2D eigenvalue weighted by molar-refractivity contribution is 0.0651. The Labute approximate surface area is 406 Å². The molecule has 2 heterocycles. The molecule has 21 heteroatoms. The zero-order chi connectivity index (χ0) is 45.7. The van der Waals surface area contributed by atoms with Gasteiger partial charge < -0.3 is 18.9 Å². The van der Waals surface area contributed by atoms with Crippen molar-refractivity contribution in [1.82, 2.24) is 19.1 Å². The van der Waals surface area contributed by atoms with Gasteiger partial charge in [-0.25, -0.2) is 14.8 Å². The fourth-order valence-corrected chi connectivity index (χ4v) is 8.92. The lowest BCUT2D eigenvalue weighted by Crippen LogP contribution is -2.17. The highest BCUT2D eigenvalue weighted by molar-refractivity contribution is 7.85. The van der Waals surface area contributed by atoms with Crippen LogP contribution in [0.3, 0.4) is 0 Å². The molecule has 0 saturated carbocycles. The van der Waals surface area contributed by atoms with Crippen LogP contribution in [0.4, 0.5) is 0 Å². The van der Waals surface area contributed by atoms with Gasteiger partial charge in [0, 0.05) is 87.2 Å². The number of rotatable bonds is 17. The number of nitrogens with zero attached hydrogens (tertiary/aromatic N) is 4. The van der Waals surface area contributed by atoms with Gasteiger partial charge in [-0.15, -0.1) is 0 Å². The number of hydrogen-bond acceptors (Lipinski definition) is 9. The van der Waals surface area contributed by atoms with Gasteiger partial charge in [-0.3, -0.25) is 13.7 Å². The summed E-state index contributed by atoms with van der Waals surface area (Å²) in [6, 6.07) is 22.9. The van der Waals surface area contributed by atoms with Crippen molar-refractivity contribution in [3.8, 4) is 17.8 Å². The van der Waals surface area contributed by atoms with Crippen LogP contribution in [0.1, 0.15) is 44.8 Å². The summed E-state index contributed by atoms with van der Waals surface area (Å²) in [5.41, 5.74) is 1.99. The van der Waals surface area contributed by atoms with Gasteiger partial charge in [0.15, 0.2) is 0 Å². The minimum atomic E-state index is -4.78. The lowest BCUT2D eigenvalue weighted by Gasteiger charge is -2.22. The predicted octanol–water partition coefficient (Wildman–Crippen LogP) is 13.2. The summed E-state index contributed by atoms with van der Waals surface area (Å²) >= 11 is 51.0. The van der Waals surface area contributed by atoms with Crippen molar-refractivity contribution in [3.63, 3.8) is 0 Å². The number of aromatic nitrogens is 4. The third-order valence-corrected chi connectivity index (χ3v) is 12.5. The van der Waals surface area contributed by atoms with Crippen molar-refractivity contribution >= 4 is 109 Å². The van der Waals surface area contributed by atoms with Gasteiger partial charge in [-0.1, -0.05) is 117 Å². The first kappa shape index (κ1) is 47.9. The van der Waals surface area contributed by atoms with Crippen LogP contribution in [0.2, 0.25) is 40.2 Å². The van der Waals surface area contributed by atoms with Crippen molar-refractivity contribution in [1.29, 1.82) is 0 Å². The van der Waals surface area contributed by atoms with Crippen LogP contribution in [-0.4, -0.2) is 51.3 Å². The molecule has 0 saturated heterocycles. The van der Waals surface area contributed by atoms with E-state index in [0.717, 1.165) is 12.1 Å². The Hall–Kier alpha value is -4.06. The molecule has 2 aromatic heterocycles. The van der Waals surface area contributed by atoms with E-state index < -0.39 is 33.2 Å². The van der Waals surface area contributed by atoms with Crippen LogP contribution in [0.5, 0.6) is 17.8 Å². The number of imidazole rings is 2. The summed E-state index contributed by atoms with van der Waals surface area (Å²) in [5.74, 6) is -1.23. The van der Waals surface area contributed by atoms with Gasteiger partial charge >= 0.3 is 18.0 Å². The fraction of sp³-hybridized carbons (Fsp3) is 0.140. The predicted molar refractivity (Wildman–Crippen MR) is 247 cm³/mol. The number of esters is 1. The number of halogens is 8. The molecule has 332 valence electrons. The molecule has 0 radical (unpaired) electrons. The summed E-state index contributed by atoms with van der Waals surface area (Å²) < 4.78 is 61.8. The number of carbonyl (C=O) groups excluding carboxylic acids is 1. The summed E-state index contributed by atoms with van der Waals surface area (Å²) in [4.78, 5) is 21.7. The molecule has 0 bridgehead atoms. The van der Waals surface area contributed by atoms with Crippen molar-refractivity contribution in [2.24, 2.45) is 0 Å². The smallest absolute Gasteiger partial charge is 0.349 e. The van der Waals surface area contributed by atoms with Crippen LogP contribution in [0.25, 0.3) is 0 Å². The zero-order valence-corrected chi connectivity index (χ0v) is 39.3. The Kier molecular flexibility index (Phi) is 15.8. The van der Waals surface area contributed by atoms with Crippen LogP contribution >= 0.6 is 92.8 Å². The van der Waals surface area contributed by atoms with E-state index in [2.05, 4.69) is 9.97 Å². The number of carbonyl (C=O) groups is 1. The summed E-state index contributed by atoms with van der Waals surface area (Å²) in [6.45, 7) is 0.375. The van der Waals surface area contributed by atoms with Gasteiger partial charge in [0.2, 0.25) is 0 Å². The van der Waals surface area contributed by atoms with Gasteiger partial charge in [0.1, 0.15) is 23.5 Å². The van der Waals surface area contributed by atoms with Crippen LogP contribution < -0.4 is 9.47 Å². The molecule has 0 fully saturated rings. The van der Waals surface area contributed by atoms with Crippen molar-refractivity contribution in [2.75, 3.05) is 13.2 Å². The van der Waals surface area contributed by atoms with Crippen LogP contribution in [0.15, 0.2) is 121 Å². The van der Waals surface area contributed by atoms with Gasteiger partial charge in [0.25, 0.3) is 10.1 Å². The topological polar surface area (TPSA) is 144 Å². The number of hydrogen-bond donors (Lipinski definition) is 1. The maximum Gasteiger partial charge on any atom is 0.349 e. The second-order valence-electron chi connectivity index (χ2n) is 13.6. The highest BCUT2D eigenvalue weighted by Crippen LogP contribution is 2.39. The Balaban J connectivity index is 1.08. The largest absolute Gasteiger partial charge is 0.425 e. The first-order chi connectivity index (χ1) is 30.5. The molecule has 7 aromatic rings. The molecule has 0 spiro atoms. The molecule has 7 rings (SSSR count). The minimum Gasteiger partial charge on any atom is -0.425 e. The second kappa shape index (κ2) is 21.1. The number of benzene rings is 5. The van der Waals surface area contributed by atoms with E-state index >= 15 is 0 Å². The first-order valence-corrected chi connectivity index (χ1v) is 23.1. The summed E-state index contributed by atoms with van der Waals surface area (Å²) in [6.07, 6.45) is 4.51. The second-order valence-corrected chi connectivity index (χ2v) is 18.4. The molecular weight excluding hydrogens is 1020 g/mol. The molecule has 0 aliphatic heterocycles. The first-order valence-electron chi connectivity index (χ1n) is 18.6. The average Bonchev–Trinajstić information content (AvgIpc) is 3.87. The van der Waals surface area contributed by atoms with Crippen LogP contribution in [-0.2, 0) is 32.7 Å². The number of ether oxygens (including phenoxy) is 4. The monoisotopic (exact) mass is 1040 g/mol. The summed E-state index contributed by atoms with van der Waals surface area (Å²) in [5, 5.41) is 3.12. The van der Waals surface area contributed by atoms with E-state index in [1.54, 1.807) is 89.8 Å². The Morgan fingerprint density at radius 2 is 0.984 bits per heavy atom. The van der Waals surface area contributed by atoms with E-state index in [4.69, 9.17) is 112 Å². The molecule has 5 aromatic carbocycles. The van der Waals surface area contributed by atoms with E-state index in [0.29, 0.717) is 62.4 Å². The van der Waals surface area contributed by atoms with Gasteiger partial charge in [-0.2, -0.15) is 8.42 Å². The van der Waals surface area contributed by atoms with Gasteiger partial charge in [-0.05, 0) is 66.7 Å².